The Hall–Kier alpha value is -1.60. The fraction of sp³-hybridized carbons (Fsp3) is 0.143. The van der Waals surface area contributed by atoms with Crippen molar-refractivity contribution in [1.29, 1.82) is 0 Å². The van der Waals surface area contributed by atoms with Crippen LogP contribution < -0.4 is 0 Å². The van der Waals surface area contributed by atoms with E-state index in [2.05, 4.69) is 0 Å². The van der Waals surface area contributed by atoms with Crippen LogP contribution in [-0.2, 0) is 0 Å². The van der Waals surface area contributed by atoms with Crippen molar-refractivity contribution in [3.63, 3.8) is 0 Å². The summed E-state index contributed by atoms with van der Waals surface area (Å²) in [5.41, 5.74) is 3.95. The largest absolute Gasteiger partial charge is 0.395 e. The molecular formula is C14H12O. The summed E-state index contributed by atoms with van der Waals surface area (Å²) >= 11 is 0. The molecule has 0 spiro atoms. The molecule has 2 aromatic carbocycles. The second kappa shape index (κ2) is 3.21. The minimum atomic E-state index is -0.993. The van der Waals surface area contributed by atoms with Gasteiger partial charge in [-0.3, -0.25) is 0 Å². The molecule has 0 saturated heterocycles. The van der Waals surface area contributed by atoms with Crippen LogP contribution in [0.3, 0.4) is 0 Å². The molecule has 0 saturated carbocycles. The van der Waals surface area contributed by atoms with Gasteiger partial charge in [0.1, 0.15) is 0 Å². The summed E-state index contributed by atoms with van der Waals surface area (Å²) in [4.78, 5) is 0. The molecule has 1 aliphatic carbocycles. The standard InChI is InChI=1S/C14H12O/c15-9-14-12-7-3-1-5-10(12)11-6-2-4-8-13(11)14/h1-8,14-15H,9H2/i14D. The molecule has 1 N–H and O–H groups in total. The predicted octanol–water partition coefficient (Wildman–Crippen LogP) is 2.79. The van der Waals surface area contributed by atoms with Gasteiger partial charge in [0.15, 0.2) is 0 Å². The zero-order valence-electron chi connectivity index (χ0n) is 9.27. The van der Waals surface area contributed by atoms with E-state index in [-0.39, 0.29) is 6.61 Å². The summed E-state index contributed by atoms with van der Waals surface area (Å²) in [6.45, 7) is -0.180. The Labute approximate surface area is 90.4 Å². The van der Waals surface area contributed by atoms with Crippen LogP contribution in [0.5, 0.6) is 0 Å². The molecule has 0 aliphatic heterocycles. The van der Waals surface area contributed by atoms with Crippen LogP contribution >= 0.6 is 0 Å². The first-order valence-electron chi connectivity index (χ1n) is 5.57. The van der Waals surface area contributed by atoms with Gasteiger partial charge in [-0.15, -0.1) is 0 Å². The van der Waals surface area contributed by atoms with E-state index < -0.39 is 5.89 Å². The lowest BCUT2D eigenvalue weighted by molar-refractivity contribution is 0.282. The molecule has 74 valence electrons. The number of hydrogen-bond donors (Lipinski definition) is 1. The highest BCUT2D eigenvalue weighted by Gasteiger charge is 2.26. The predicted molar refractivity (Wildman–Crippen MR) is 60.8 cm³/mol. The maximum absolute atomic E-state index is 9.53. The lowest BCUT2D eigenvalue weighted by Crippen LogP contribution is -2.01. The van der Waals surface area contributed by atoms with Crippen molar-refractivity contribution in [2.45, 2.75) is 5.89 Å². The highest BCUT2D eigenvalue weighted by atomic mass is 16.3. The third kappa shape index (κ3) is 1.13. The van der Waals surface area contributed by atoms with Gasteiger partial charge in [-0.25, -0.2) is 0 Å². The zero-order chi connectivity index (χ0) is 11.2. The molecule has 1 aliphatic rings. The second-order valence-corrected chi connectivity index (χ2v) is 3.73. The van der Waals surface area contributed by atoms with Crippen molar-refractivity contribution in [2.75, 3.05) is 6.61 Å². The Balaban J connectivity index is 2.39. The van der Waals surface area contributed by atoms with Crippen molar-refractivity contribution < 1.29 is 6.48 Å². The van der Waals surface area contributed by atoms with E-state index in [1.807, 2.05) is 48.5 Å². The lowest BCUT2D eigenvalue weighted by atomic mass is 9.98. The summed E-state index contributed by atoms with van der Waals surface area (Å²) < 4.78 is 8.44. The van der Waals surface area contributed by atoms with E-state index in [1.54, 1.807) is 0 Å². The molecule has 0 bridgehead atoms. The third-order valence-electron chi connectivity index (χ3n) is 2.95. The molecule has 0 radical (unpaired) electrons. The Morgan fingerprint density at radius 2 is 1.40 bits per heavy atom. The van der Waals surface area contributed by atoms with Gasteiger partial charge in [-0.2, -0.15) is 0 Å². The van der Waals surface area contributed by atoms with Crippen LogP contribution in [0.15, 0.2) is 48.5 Å². The topological polar surface area (TPSA) is 20.2 Å². The SMILES string of the molecule is [2H]C1(CO)c2ccccc2-c2ccccc21. The highest BCUT2D eigenvalue weighted by molar-refractivity contribution is 5.78. The van der Waals surface area contributed by atoms with E-state index >= 15 is 0 Å². The van der Waals surface area contributed by atoms with Gasteiger partial charge < -0.3 is 5.11 Å². The van der Waals surface area contributed by atoms with Gasteiger partial charge in [0.25, 0.3) is 0 Å². The summed E-state index contributed by atoms with van der Waals surface area (Å²) in [5.74, 6) is -0.993. The van der Waals surface area contributed by atoms with Crippen molar-refractivity contribution in [3.05, 3.63) is 59.7 Å². The van der Waals surface area contributed by atoms with E-state index in [9.17, 15) is 5.11 Å². The maximum Gasteiger partial charge on any atom is 0.0540 e. The summed E-state index contributed by atoms with van der Waals surface area (Å²) in [5, 5.41) is 9.53. The molecule has 2 aromatic rings. The smallest absolute Gasteiger partial charge is 0.0540 e. The lowest BCUT2D eigenvalue weighted by Gasteiger charge is -2.08. The zero-order valence-corrected chi connectivity index (χ0v) is 8.27. The molecule has 0 amide bonds. The molecule has 3 rings (SSSR count). The van der Waals surface area contributed by atoms with Crippen molar-refractivity contribution >= 4 is 0 Å². The third-order valence-corrected chi connectivity index (χ3v) is 2.95. The van der Waals surface area contributed by atoms with Gasteiger partial charge in [0, 0.05) is 7.26 Å². The number of rotatable bonds is 1. The molecule has 0 aromatic heterocycles. The van der Waals surface area contributed by atoms with E-state index in [0.29, 0.717) is 0 Å². The molecule has 0 unspecified atom stereocenters. The van der Waals surface area contributed by atoms with Crippen LogP contribution in [0.4, 0.5) is 0 Å². The van der Waals surface area contributed by atoms with Crippen LogP contribution in [0.25, 0.3) is 11.1 Å². The van der Waals surface area contributed by atoms with Gasteiger partial charge >= 0.3 is 0 Å². The van der Waals surface area contributed by atoms with E-state index in [0.717, 1.165) is 22.3 Å². The van der Waals surface area contributed by atoms with Gasteiger partial charge in [-0.05, 0) is 22.3 Å². The highest BCUT2D eigenvalue weighted by Crippen LogP contribution is 2.43. The number of aliphatic hydroxyl groups is 1. The molecular weight excluding hydrogens is 184 g/mol. The maximum atomic E-state index is 9.53. The number of fused-ring (bicyclic) bond motifs is 3. The van der Waals surface area contributed by atoms with E-state index in [4.69, 9.17) is 1.37 Å². The number of benzene rings is 2. The fourth-order valence-corrected chi connectivity index (χ4v) is 2.28. The molecule has 1 heteroatoms. The van der Waals surface area contributed by atoms with Gasteiger partial charge in [0.05, 0.1) is 6.61 Å². The molecule has 1 nitrogen and oxygen atoms in total. The number of aliphatic hydroxyl groups excluding tert-OH is 1. The van der Waals surface area contributed by atoms with Crippen LogP contribution in [0, 0.1) is 0 Å². The first-order valence-corrected chi connectivity index (χ1v) is 5.07. The Morgan fingerprint density at radius 1 is 0.933 bits per heavy atom. The van der Waals surface area contributed by atoms with Crippen LogP contribution in [0.1, 0.15) is 18.4 Å². The normalized spacial score (nSPS) is 16.7. The average Bonchev–Trinajstić information content (AvgIpc) is 2.62. The second-order valence-electron chi connectivity index (χ2n) is 3.73. The minimum absolute atomic E-state index is 0.180. The Kier molecular flexibility index (Phi) is 1.64. The first-order chi connectivity index (χ1) is 7.77. The van der Waals surface area contributed by atoms with Crippen LogP contribution in [0.2, 0.25) is 0 Å². The molecule has 0 atom stereocenters. The minimum Gasteiger partial charge on any atom is -0.395 e. The van der Waals surface area contributed by atoms with E-state index in [1.165, 1.54) is 0 Å². The Morgan fingerprint density at radius 3 is 1.87 bits per heavy atom. The van der Waals surface area contributed by atoms with Crippen molar-refractivity contribution in [3.8, 4) is 11.1 Å². The number of hydrogen-bond acceptors (Lipinski definition) is 1. The molecule has 0 heterocycles. The summed E-state index contributed by atoms with van der Waals surface area (Å²) in [6.07, 6.45) is 0. The summed E-state index contributed by atoms with van der Waals surface area (Å²) in [7, 11) is 0. The van der Waals surface area contributed by atoms with Gasteiger partial charge in [0.2, 0.25) is 0 Å². The molecule has 0 fully saturated rings. The van der Waals surface area contributed by atoms with Crippen molar-refractivity contribution in [1.82, 2.24) is 0 Å². The quantitative estimate of drug-likeness (QED) is 0.745. The fourth-order valence-electron chi connectivity index (χ4n) is 2.28. The Bertz CT molecular complexity index is 502. The first kappa shape index (κ1) is 7.66. The summed E-state index contributed by atoms with van der Waals surface area (Å²) in [6, 6.07) is 15.7. The van der Waals surface area contributed by atoms with Crippen molar-refractivity contribution in [2.24, 2.45) is 0 Å². The average molecular weight is 197 g/mol. The van der Waals surface area contributed by atoms with Crippen LogP contribution in [-0.4, -0.2) is 11.7 Å². The monoisotopic (exact) mass is 197 g/mol. The van der Waals surface area contributed by atoms with Gasteiger partial charge in [-0.1, -0.05) is 48.5 Å². The molecule has 15 heavy (non-hydrogen) atoms.